The molecule has 0 aromatic rings. The maximum absolute atomic E-state index is 10.1. The van der Waals surface area contributed by atoms with Crippen LogP contribution in [0.2, 0.25) is 0 Å². The number of methoxy groups -OCH3 is 1. The average molecular weight is 362 g/mol. The Morgan fingerprint density at radius 2 is 1.25 bits per heavy atom. The third-order valence-corrected chi connectivity index (χ3v) is 0.963. The van der Waals surface area contributed by atoms with Crippen molar-refractivity contribution in [3.05, 3.63) is 12.9 Å². The van der Waals surface area contributed by atoms with Crippen molar-refractivity contribution in [2.45, 2.75) is 6.92 Å². The molecule has 0 unspecified atom stereocenters. The van der Waals surface area contributed by atoms with Crippen molar-refractivity contribution < 1.29 is 62.9 Å². The molecule has 0 bridgehead atoms. The lowest BCUT2D eigenvalue weighted by molar-refractivity contribution is 0.0472. The molecular weight excluding hydrogens is 343 g/mol. The first-order chi connectivity index (χ1) is 11.1. The minimum atomic E-state index is -1.83. The van der Waals surface area contributed by atoms with Gasteiger partial charge in [-0.15, -0.1) is 0 Å². The molecule has 13 heteroatoms. The third-order valence-electron chi connectivity index (χ3n) is 0.963. The molecule has 0 saturated heterocycles. The highest BCUT2D eigenvalue weighted by molar-refractivity contribution is 5.59. The highest BCUT2D eigenvalue weighted by atomic mass is 19.1. The van der Waals surface area contributed by atoms with Gasteiger partial charge in [0.1, 0.15) is 13.2 Å². The van der Waals surface area contributed by atoms with E-state index in [0.29, 0.717) is 6.61 Å². The van der Waals surface area contributed by atoms with Crippen molar-refractivity contribution in [3.8, 4) is 0 Å². The fourth-order valence-electron chi connectivity index (χ4n) is 0.435. The van der Waals surface area contributed by atoms with Gasteiger partial charge in [0.25, 0.3) is 0 Å². The van der Waals surface area contributed by atoms with Gasteiger partial charge in [-0.05, 0) is 6.92 Å². The zero-order valence-corrected chi connectivity index (χ0v) is 12.8. The van der Waals surface area contributed by atoms with Crippen molar-refractivity contribution in [1.29, 1.82) is 0 Å². The Kier molecular flexibility index (Phi) is 29.7. The van der Waals surface area contributed by atoms with Crippen molar-refractivity contribution in [2.24, 2.45) is 0 Å². The van der Waals surface area contributed by atoms with Gasteiger partial charge in [0, 0.05) is 0 Å². The summed E-state index contributed by atoms with van der Waals surface area (Å²) < 4.78 is 26.4. The van der Waals surface area contributed by atoms with E-state index < -0.39 is 24.6 Å². The molecule has 0 amide bonds. The second-order valence-electron chi connectivity index (χ2n) is 2.55. The molecule has 0 saturated carbocycles. The molecule has 0 atom stereocenters. The summed E-state index contributed by atoms with van der Waals surface area (Å²) in [6.07, 6.45) is -5.11. The Hall–Kier alpha value is -3.25. The monoisotopic (exact) mass is 362 g/mol. The summed E-state index contributed by atoms with van der Waals surface area (Å²) in [5.41, 5.74) is 0. The number of ether oxygens (including phenoxy) is 4. The standard InChI is InChI=1S/C4H6O6.C4H8O3.C2H3F.CH2O3/c5-3(6)9-1-2-10-4(7)8;1-3-7-4(5)6-2;1-2-3;2-1(3)4/h1-2H2,(H,5,6)(H,7,8);3H2,1-2H3;2H,1H2;(H2,2,3,4). The van der Waals surface area contributed by atoms with Gasteiger partial charge in [-0.25, -0.2) is 23.6 Å². The largest absolute Gasteiger partial charge is 0.507 e. The minimum absolute atomic E-state index is 0.250. The summed E-state index contributed by atoms with van der Waals surface area (Å²) in [7, 11) is 1.28. The molecular formula is C11H19FO12. The van der Waals surface area contributed by atoms with Crippen LogP contribution in [0.5, 0.6) is 0 Å². The van der Waals surface area contributed by atoms with Gasteiger partial charge in [-0.2, -0.15) is 0 Å². The Labute approximate surface area is 135 Å². The van der Waals surface area contributed by atoms with Crippen LogP contribution >= 0.6 is 0 Å². The second-order valence-corrected chi connectivity index (χ2v) is 2.55. The molecule has 0 heterocycles. The first-order valence-corrected chi connectivity index (χ1v) is 5.64. The molecule has 12 nitrogen and oxygen atoms in total. The van der Waals surface area contributed by atoms with Crippen molar-refractivity contribution in [2.75, 3.05) is 26.9 Å². The van der Waals surface area contributed by atoms with E-state index in [9.17, 15) is 18.8 Å². The van der Waals surface area contributed by atoms with Crippen molar-refractivity contribution >= 4 is 24.6 Å². The van der Waals surface area contributed by atoms with Gasteiger partial charge < -0.3 is 39.4 Å². The van der Waals surface area contributed by atoms with Crippen molar-refractivity contribution in [3.63, 3.8) is 0 Å². The zero-order valence-electron chi connectivity index (χ0n) is 12.8. The van der Waals surface area contributed by atoms with Crippen LogP contribution in [-0.2, 0) is 18.9 Å². The second kappa shape index (κ2) is 24.7. The molecule has 0 aliphatic rings. The molecule has 142 valence electrons. The molecule has 0 fully saturated rings. The van der Waals surface area contributed by atoms with Crippen LogP contribution in [0.4, 0.5) is 23.6 Å². The Balaban J connectivity index is -0.000000124. The van der Waals surface area contributed by atoms with Gasteiger partial charge in [0.05, 0.1) is 20.0 Å². The summed E-state index contributed by atoms with van der Waals surface area (Å²) in [5, 5.41) is 29.7. The quantitative estimate of drug-likeness (QED) is 0.325. The molecule has 0 radical (unpaired) electrons. The number of halogens is 1. The lowest BCUT2D eigenvalue weighted by atomic mass is 10.8. The Morgan fingerprint density at radius 3 is 1.38 bits per heavy atom. The van der Waals surface area contributed by atoms with E-state index in [4.69, 9.17) is 25.2 Å². The van der Waals surface area contributed by atoms with E-state index in [0.717, 1.165) is 0 Å². The number of hydrogen-bond acceptors (Lipinski definition) is 8. The summed E-state index contributed by atoms with van der Waals surface area (Å²) in [4.78, 5) is 37.8. The molecule has 24 heavy (non-hydrogen) atoms. The van der Waals surface area contributed by atoms with Gasteiger partial charge in [0.15, 0.2) is 0 Å². The van der Waals surface area contributed by atoms with Crippen LogP contribution in [0.3, 0.4) is 0 Å². The molecule has 0 aliphatic carbocycles. The van der Waals surface area contributed by atoms with E-state index in [-0.39, 0.29) is 19.5 Å². The first kappa shape index (κ1) is 28.8. The molecule has 0 aromatic carbocycles. The van der Waals surface area contributed by atoms with Gasteiger partial charge in [-0.1, -0.05) is 6.58 Å². The topological polar surface area (TPSA) is 186 Å². The summed E-state index contributed by atoms with van der Waals surface area (Å²) in [6, 6.07) is 0. The highest BCUT2D eigenvalue weighted by Gasteiger charge is 1.98. The van der Waals surface area contributed by atoms with E-state index in [1.807, 2.05) is 0 Å². The fraction of sp³-hybridized carbons (Fsp3) is 0.455. The number of rotatable bonds is 4. The van der Waals surface area contributed by atoms with E-state index in [1.165, 1.54) is 7.11 Å². The van der Waals surface area contributed by atoms with Crippen molar-refractivity contribution in [1.82, 2.24) is 0 Å². The number of carbonyl (C=O) groups excluding carboxylic acids is 1. The molecule has 4 N–H and O–H groups in total. The zero-order chi connectivity index (χ0) is 20.0. The van der Waals surface area contributed by atoms with Crippen LogP contribution in [0, 0.1) is 0 Å². The molecule has 0 aromatic heterocycles. The van der Waals surface area contributed by atoms with Gasteiger partial charge >= 0.3 is 24.6 Å². The highest BCUT2D eigenvalue weighted by Crippen LogP contribution is 1.79. The lowest BCUT2D eigenvalue weighted by Crippen LogP contribution is -2.10. The van der Waals surface area contributed by atoms with Crippen LogP contribution in [0.25, 0.3) is 0 Å². The maximum Gasteiger partial charge on any atom is 0.507 e. The predicted molar refractivity (Wildman–Crippen MR) is 73.9 cm³/mol. The van der Waals surface area contributed by atoms with E-state index in [2.05, 4.69) is 25.5 Å². The number of hydrogen-bond donors (Lipinski definition) is 4. The number of carbonyl (C=O) groups is 4. The summed E-state index contributed by atoms with van der Waals surface area (Å²) in [6.45, 7) is 4.23. The SMILES string of the molecule is C=CF.CCOC(=O)OC.O=C(O)O.O=C(O)OCCOC(=O)O. The van der Waals surface area contributed by atoms with Gasteiger partial charge in [-0.3, -0.25) is 0 Å². The molecule has 0 aliphatic heterocycles. The summed E-state index contributed by atoms with van der Waals surface area (Å²) >= 11 is 0. The minimum Gasteiger partial charge on any atom is -0.450 e. The fourth-order valence-corrected chi connectivity index (χ4v) is 0.435. The average Bonchev–Trinajstić information content (AvgIpc) is 2.44. The smallest absolute Gasteiger partial charge is 0.450 e. The molecule has 0 rings (SSSR count). The molecule has 0 spiro atoms. The Morgan fingerprint density at radius 1 is 0.958 bits per heavy atom. The normalized spacial score (nSPS) is 7.29. The van der Waals surface area contributed by atoms with Crippen LogP contribution in [0.1, 0.15) is 6.92 Å². The number of carboxylic acid groups (broad SMARTS) is 4. The Bertz CT molecular complexity index is 337. The maximum atomic E-state index is 10.1. The summed E-state index contributed by atoms with van der Waals surface area (Å²) in [5.74, 6) is 0. The van der Waals surface area contributed by atoms with Crippen LogP contribution in [0.15, 0.2) is 12.9 Å². The predicted octanol–water partition coefficient (Wildman–Crippen LogP) is 2.49. The van der Waals surface area contributed by atoms with Crippen LogP contribution in [-0.4, -0.2) is 72.0 Å². The third kappa shape index (κ3) is 77.2. The first-order valence-electron chi connectivity index (χ1n) is 5.64. The van der Waals surface area contributed by atoms with E-state index in [1.54, 1.807) is 6.92 Å². The van der Waals surface area contributed by atoms with Crippen LogP contribution < -0.4 is 0 Å². The van der Waals surface area contributed by atoms with Gasteiger partial charge in [0.2, 0.25) is 0 Å². The van der Waals surface area contributed by atoms with E-state index >= 15 is 0 Å². The lowest BCUT2D eigenvalue weighted by Gasteiger charge is -1.98.